The minimum absolute atomic E-state index is 0.0523. The summed E-state index contributed by atoms with van der Waals surface area (Å²) in [5.74, 6) is -7.87. The molecule has 1 aliphatic heterocycles. The summed E-state index contributed by atoms with van der Waals surface area (Å²) in [4.78, 5) is 40.6. The molecule has 12 nitrogen and oxygen atoms in total. The number of phenols is 1. The van der Waals surface area contributed by atoms with Crippen LogP contribution in [0.4, 0.5) is 0 Å². The number of primary amides is 1. The number of aliphatic hydroxyl groups excluding tert-OH is 3. The molecule has 1 heterocycles. The summed E-state index contributed by atoms with van der Waals surface area (Å²) < 4.78 is 10.8. The highest BCUT2D eigenvalue weighted by atomic mass is 16.7. The molecule has 1 fully saturated rings. The number of hydrogen-bond acceptors (Lipinski definition) is 11. The van der Waals surface area contributed by atoms with Crippen LogP contribution < -0.4 is 15.2 Å². The van der Waals surface area contributed by atoms with Crippen molar-refractivity contribution in [2.45, 2.75) is 17.7 Å². The maximum absolute atomic E-state index is 13.9. The van der Waals surface area contributed by atoms with Crippen LogP contribution >= 0.6 is 0 Å². The van der Waals surface area contributed by atoms with E-state index < -0.39 is 75.5 Å². The van der Waals surface area contributed by atoms with E-state index in [1.54, 1.807) is 24.3 Å². The zero-order chi connectivity index (χ0) is 28.8. The van der Waals surface area contributed by atoms with Crippen molar-refractivity contribution in [2.24, 2.45) is 17.6 Å². The van der Waals surface area contributed by atoms with Crippen molar-refractivity contribution in [3.8, 4) is 28.4 Å². The molecule has 1 saturated carbocycles. The topological polar surface area (TPSA) is 200 Å². The number of Topliss-reactive ketones (excluding diaryl/α,β-unsaturated/α-hetero) is 2. The fraction of sp³-hybridized carbons (Fsp3) is 0.286. The Balaban J connectivity index is 1.58. The SMILES string of the molecule is CN(C)[C@@H]1C(=O)C(C(N)=O)=C(O)[C@@]2(O)C(=O)C3=C(O)c4c(O)ccc(-c5ccc6c(c5)OCO6)c4[CH][C@H]3[C@H](O)[C@@H]12. The van der Waals surface area contributed by atoms with Gasteiger partial charge in [-0.3, -0.25) is 19.3 Å². The number of phenolic OH excluding ortho intramolecular Hbond substituents is 1. The van der Waals surface area contributed by atoms with E-state index in [9.17, 15) is 39.9 Å². The molecule has 6 rings (SSSR count). The summed E-state index contributed by atoms with van der Waals surface area (Å²) in [6, 6.07) is 6.61. The van der Waals surface area contributed by atoms with Crippen molar-refractivity contribution in [2.75, 3.05) is 20.9 Å². The van der Waals surface area contributed by atoms with Crippen LogP contribution in [0.2, 0.25) is 0 Å². The first-order chi connectivity index (χ1) is 18.9. The first-order valence-corrected chi connectivity index (χ1v) is 12.3. The van der Waals surface area contributed by atoms with Crippen molar-refractivity contribution in [3.05, 3.63) is 64.8 Å². The van der Waals surface area contributed by atoms with Gasteiger partial charge in [0.1, 0.15) is 22.8 Å². The summed E-state index contributed by atoms with van der Waals surface area (Å²) in [6.07, 6.45) is -0.249. The molecule has 2 aromatic rings. The molecule has 7 N–H and O–H groups in total. The number of nitrogens with two attached hydrogens (primary N) is 1. The number of ketones is 2. The Labute approximate surface area is 227 Å². The first-order valence-electron chi connectivity index (χ1n) is 12.3. The normalized spacial score (nSPS) is 28.9. The average molecular weight is 550 g/mol. The van der Waals surface area contributed by atoms with Gasteiger partial charge in [0, 0.05) is 17.9 Å². The standard InChI is InChI=1S/C28H25N2O10/c1-30(2)21-20-22(32)13-8-12-11(10-3-6-15-16(7-10)40-9-39-15)4-5-14(31)17(12)23(33)18(13)25(35)28(20,38)26(36)19(24(21)34)27(29)37/h3-8,13,20-22,31-33,36,38H,9H2,1-2H3,(H2,29,37)/t13-,20-,21+,22+,28+/m1/s1. The molecule has 0 spiro atoms. The zero-order valence-electron chi connectivity index (χ0n) is 21.3. The van der Waals surface area contributed by atoms with Gasteiger partial charge in [-0.2, -0.15) is 0 Å². The highest BCUT2D eigenvalue weighted by molar-refractivity contribution is 6.24. The second-order valence-electron chi connectivity index (χ2n) is 10.4. The number of likely N-dealkylation sites (N-methyl/N-ethyl adjacent to an activating group) is 1. The Hall–Kier alpha value is -4.39. The highest BCUT2D eigenvalue weighted by Crippen LogP contribution is 2.54. The van der Waals surface area contributed by atoms with Gasteiger partial charge in [0.25, 0.3) is 5.91 Å². The summed E-state index contributed by atoms with van der Waals surface area (Å²) in [5.41, 5.74) is 2.15. The number of fused-ring (bicyclic) bond motifs is 4. The molecule has 3 aliphatic carbocycles. The highest BCUT2D eigenvalue weighted by Gasteiger charge is 2.67. The second-order valence-corrected chi connectivity index (χ2v) is 10.4. The third-order valence-electron chi connectivity index (χ3n) is 8.14. The molecule has 0 unspecified atom stereocenters. The third kappa shape index (κ3) is 3.20. The average Bonchev–Trinajstić information content (AvgIpc) is 3.36. The van der Waals surface area contributed by atoms with Crippen molar-refractivity contribution >= 4 is 23.2 Å². The number of benzene rings is 2. The summed E-state index contributed by atoms with van der Waals surface area (Å²) >= 11 is 0. The van der Waals surface area contributed by atoms with Crippen molar-refractivity contribution in [3.63, 3.8) is 0 Å². The number of ether oxygens (including phenoxy) is 2. The van der Waals surface area contributed by atoms with Crippen molar-refractivity contribution in [1.82, 2.24) is 4.90 Å². The van der Waals surface area contributed by atoms with Gasteiger partial charge in [-0.1, -0.05) is 12.1 Å². The Morgan fingerprint density at radius 3 is 2.45 bits per heavy atom. The predicted octanol–water partition coefficient (Wildman–Crippen LogP) is 0.340. The number of nitrogens with zero attached hydrogens (tertiary/aromatic N) is 1. The Morgan fingerprint density at radius 2 is 1.77 bits per heavy atom. The van der Waals surface area contributed by atoms with Crippen molar-refractivity contribution < 1.29 is 49.4 Å². The van der Waals surface area contributed by atoms with E-state index in [1.807, 2.05) is 0 Å². The predicted molar refractivity (Wildman–Crippen MR) is 137 cm³/mol. The number of carbonyl (C=O) groups excluding carboxylic acids is 3. The van der Waals surface area contributed by atoms with Crippen molar-refractivity contribution in [1.29, 1.82) is 0 Å². The van der Waals surface area contributed by atoms with Gasteiger partial charge in [0.2, 0.25) is 12.6 Å². The molecular formula is C28H25N2O10. The Bertz CT molecular complexity index is 1590. The minimum atomic E-state index is -2.97. The fourth-order valence-corrected chi connectivity index (χ4v) is 6.35. The van der Waals surface area contributed by atoms with Crippen LogP contribution in [-0.2, 0) is 14.4 Å². The van der Waals surface area contributed by atoms with Crippen LogP contribution in [-0.4, -0.2) is 86.5 Å². The molecule has 1 amide bonds. The monoisotopic (exact) mass is 549 g/mol. The van der Waals surface area contributed by atoms with Crippen LogP contribution in [0.3, 0.4) is 0 Å². The van der Waals surface area contributed by atoms with E-state index in [1.165, 1.54) is 31.5 Å². The summed E-state index contributed by atoms with van der Waals surface area (Å²) in [6.45, 7) is 0.0523. The van der Waals surface area contributed by atoms with Gasteiger partial charge >= 0.3 is 0 Å². The van der Waals surface area contributed by atoms with Crippen LogP contribution in [0.5, 0.6) is 17.2 Å². The quantitative estimate of drug-likeness (QED) is 0.288. The van der Waals surface area contributed by atoms with Gasteiger partial charge in [-0.15, -0.1) is 0 Å². The third-order valence-corrected chi connectivity index (χ3v) is 8.14. The van der Waals surface area contributed by atoms with Gasteiger partial charge < -0.3 is 40.7 Å². The van der Waals surface area contributed by atoms with E-state index in [0.29, 0.717) is 22.6 Å². The number of aliphatic hydroxyl groups is 4. The molecule has 0 aromatic heterocycles. The van der Waals surface area contributed by atoms with Crippen LogP contribution in [0.1, 0.15) is 11.1 Å². The number of carbonyl (C=O) groups is 3. The Morgan fingerprint density at radius 1 is 1.07 bits per heavy atom. The smallest absolute Gasteiger partial charge is 0.255 e. The molecular weight excluding hydrogens is 524 g/mol. The van der Waals surface area contributed by atoms with E-state index in [-0.39, 0.29) is 17.9 Å². The zero-order valence-corrected chi connectivity index (χ0v) is 21.3. The van der Waals surface area contributed by atoms with E-state index in [4.69, 9.17) is 15.2 Å². The largest absolute Gasteiger partial charge is 0.508 e. The maximum atomic E-state index is 13.9. The molecule has 2 aromatic carbocycles. The number of aromatic hydroxyl groups is 1. The fourth-order valence-electron chi connectivity index (χ4n) is 6.35. The lowest BCUT2D eigenvalue weighted by Gasteiger charge is -2.52. The second kappa shape index (κ2) is 8.55. The molecule has 207 valence electrons. The van der Waals surface area contributed by atoms with E-state index in [0.717, 1.165) is 0 Å². The molecule has 4 aliphatic rings. The van der Waals surface area contributed by atoms with Gasteiger partial charge in [0.15, 0.2) is 22.9 Å². The van der Waals surface area contributed by atoms with Gasteiger partial charge in [-0.25, -0.2) is 0 Å². The lowest BCUT2D eigenvalue weighted by molar-refractivity contribution is -0.167. The van der Waals surface area contributed by atoms with Crippen LogP contribution in [0.15, 0.2) is 47.2 Å². The molecule has 0 bridgehead atoms. The molecule has 5 atom stereocenters. The van der Waals surface area contributed by atoms with Gasteiger partial charge in [0.05, 0.1) is 23.6 Å². The molecule has 1 radical (unpaired) electrons. The molecule has 40 heavy (non-hydrogen) atoms. The van der Waals surface area contributed by atoms with E-state index >= 15 is 0 Å². The number of hydrogen-bond donors (Lipinski definition) is 6. The lowest BCUT2D eigenvalue weighted by Crippen LogP contribution is -2.70. The van der Waals surface area contributed by atoms with E-state index in [2.05, 4.69) is 0 Å². The number of rotatable bonds is 3. The number of amides is 1. The summed E-state index contributed by atoms with van der Waals surface area (Å²) in [7, 11) is 2.89. The van der Waals surface area contributed by atoms with Crippen LogP contribution in [0.25, 0.3) is 16.9 Å². The summed E-state index contributed by atoms with van der Waals surface area (Å²) in [5, 5.41) is 56.4. The van der Waals surface area contributed by atoms with Crippen LogP contribution in [0, 0.1) is 18.3 Å². The maximum Gasteiger partial charge on any atom is 0.255 e. The molecule has 12 heteroatoms. The minimum Gasteiger partial charge on any atom is -0.508 e. The molecule has 0 saturated heterocycles. The Kier molecular flexibility index (Phi) is 5.53. The van der Waals surface area contributed by atoms with Gasteiger partial charge in [-0.05, 0) is 49.0 Å². The first kappa shape index (κ1) is 25.9. The lowest BCUT2D eigenvalue weighted by atomic mass is 9.56.